The molecule has 4 nitrogen and oxygen atoms in total. The number of nitriles is 1. The monoisotopic (exact) mass is 318 g/mol. The van der Waals surface area contributed by atoms with Crippen LogP contribution in [0, 0.1) is 30.1 Å². The minimum absolute atomic E-state index is 0.473. The van der Waals surface area contributed by atoms with Gasteiger partial charge in [0.2, 0.25) is 0 Å². The van der Waals surface area contributed by atoms with Gasteiger partial charge in [0.15, 0.2) is 0 Å². The predicted octanol–water partition coefficient (Wildman–Crippen LogP) is 3.00. The third kappa shape index (κ3) is 2.46. The number of benzene rings is 1. The van der Waals surface area contributed by atoms with Crippen LogP contribution >= 0.6 is 0 Å². The van der Waals surface area contributed by atoms with E-state index in [1.54, 1.807) is 12.3 Å². The third-order valence-corrected chi connectivity index (χ3v) is 5.60. The molecule has 2 saturated heterocycles. The molecule has 1 aromatic carbocycles. The Bertz CT molecular complexity index is 794. The Balaban J connectivity index is 1.61. The molecule has 0 aliphatic carbocycles. The highest BCUT2D eigenvalue weighted by atomic mass is 15.3. The number of aryl methyl sites for hydroxylation is 1. The summed E-state index contributed by atoms with van der Waals surface area (Å²) in [5.41, 5.74) is 3.51. The van der Waals surface area contributed by atoms with E-state index in [-0.39, 0.29) is 0 Å². The zero-order valence-electron chi connectivity index (χ0n) is 14.2. The second-order valence-corrected chi connectivity index (χ2v) is 7.08. The van der Waals surface area contributed by atoms with Crippen molar-refractivity contribution in [2.24, 2.45) is 11.8 Å². The lowest BCUT2D eigenvalue weighted by Gasteiger charge is -2.28. The summed E-state index contributed by atoms with van der Waals surface area (Å²) in [7, 11) is 2.24. The van der Waals surface area contributed by atoms with Gasteiger partial charge in [0.25, 0.3) is 0 Å². The fourth-order valence-electron chi connectivity index (χ4n) is 4.49. The van der Waals surface area contributed by atoms with E-state index in [1.165, 1.54) is 11.1 Å². The summed E-state index contributed by atoms with van der Waals surface area (Å²) >= 11 is 0. The van der Waals surface area contributed by atoms with Gasteiger partial charge in [-0.25, -0.2) is 4.98 Å². The maximum absolute atomic E-state index is 9.12. The summed E-state index contributed by atoms with van der Waals surface area (Å²) in [4.78, 5) is 9.36. The van der Waals surface area contributed by atoms with Crippen LogP contribution in [-0.2, 0) is 0 Å². The molecule has 0 amide bonds. The fourth-order valence-corrected chi connectivity index (χ4v) is 4.49. The van der Waals surface area contributed by atoms with Gasteiger partial charge in [-0.3, -0.25) is 4.90 Å². The summed E-state index contributed by atoms with van der Waals surface area (Å²) in [5.74, 6) is 2.21. The average molecular weight is 318 g/mol. The van der Waals surface area contributed by atoms with E-state index in [9.17, 15) is 0 Å². The molecule has 2 aliphatic rings. The molecule has 0 N–H and O–H groups in total. The van der Waals surface area contributed by atoms with Crippen molar-refractivity contribution < 1.29 is 0 Å². The van der Waals surface area contributed by atoms with Crippen molar-refractivity contribution in [3.63, 3.8) is 0 Å². The van der Waals surface area contributed by atoms with Crippen LogP contribution in [-0.4, -0.2) is 36.6 Å². The number of anilines is 1. The Hall–Kier alpha value is -2.38. The Morgan fingerprint density at radius 2 is 2.00 bits per heavy atom. The van der Waals surface area contributed by atoms with Crippen molar-refractivity contribution in [3.05, 3.63) is 59.3 Å². The minimum Gasteiger partial charge on any atom is -0.356 e. The Morgan fingerprint density at radius 1 is 1.17 bits per heavy atom. The number of hydrogen-bond donors (Lipinski definition) is 0. The molecular weight excluding hydrogens is 296 g/mol. The number of hydrogen-bond acceptors (Lipinski definition) is 4. The summed E-state index contributed by atoms with van der Waals surface area (Å²) < 4.78 is 0. The minimum atomic E-state index is 0.473. The van der Waals surface area contributed by atoms with Gasteiger partial charge in [-0.1, -0.05) is 24.3 Å². The van der Waals surface area contributed by atoms with Crippen molar-refractivity contribution in [2.45, 2.75) is 13.0 Å². The van der Waals surface area contributed by atoms with Gasteiger partial charge in [0.1, 0.15) is 5.82 Å². The SMILES string of the molecule is Cc1ccccc1[C@@H]1[C@@H]2CN(c3cc(C#N)ccn3)C[C@@H]2CN1C. The highest BCUT2D eigenvalue weighted by molar-refractivity contribution is 5.47. The van der Waals surface area contributed by atoms with E-state index < -0.39 is 0 Å². The molecule has 0 radical (unpaired) electrons. The second kappa shape index (κ2) is 5.92. The largest absolute Gasteiger partial charge is 0.356 e. The molecule has 0 spiro atoms. The van der Waals surface area contributed by atoms with E-state index in [4.69, 9.17) is 5.26 Å². The first-order valence-electron chi connectivity index (χ1n) is 8.54. The predicted molar refractivity (Wildman–Crippen MR) is 94.7 cm³/mol. The summed E-state index contributed by atoms with van der Waals surface area (Å²) in [6.07, 6.45) is 1.74. The van der Waals surface area contributed by atoms with Gasteiger partial charge < -0.3 is 4.90 Å². The molecule has 24 heavy (non-hydrogen) atoms. The smallest absolute Gasteiger partial charge is 0.129 e. The molecule has 3 heterocycles. The van der Waals surface area contributed by atoms with Crippen LogP contribution in [0.1, 0.15) is 22.7 Å². The van der Waals surface area contributed by atoms with Crippen LogP contribution in [0.4, 0.5) is 5.82 Å². The molecule has 2 aliphatic heterocycles. The Kier molecular flexibility index (Phi) is 3.74. The molecular formula is C20H22N4. The van der Waals surface area contributed by atoms with Crippen LogP contribution in [0.25, 0.3) is 0 Å². The number of pyridine rings is 1. The highest BCUT2D eigenvalue weighted by Crippen LogP contribution is 2.45. The molecule has 2 aromatic rings. The summed E-state index contributed by atoms with van der Waals surface area (Å²) in [5, 5.41) is 9.12. The lowest BCUT2D eigenvalue weighted by Crippen LogP contribution is -2.29. The molecule has 2 fully saturated rings. The normalized spacial score (nSPS) is 26.4. The van der Waals surface area contributed by atoms with Crippen molar-refractivity contribution in [1.82, 2.24) is 9.88 Å². The van der Waals surface area contributed by atoms with Gasteiger partial charge in [-0.2, -0.15) is 5.26 Å². The van der Waals surface area contributed by atoms with Crippen LogP contribution in [0.5, 0.6) is 0 Å². The molecule has 0 unspecified atom stereocenters. The molecule has 3 atom stereocenters. The highest BCUT2D eigenvalue weighted by Gasteiger charge is 2.46. The second-order valence-electron chi connectivity index (χ2n) is 7.08. The standard InChI is InChI=1S/C20H22N4/c1-14-5-3-4-6-17(14)20-18-13-24(12-16(18)11-23(20)2)19-9-15(10-21)7-8-22-19/h3-9,16,18,20H,11-13H2,1-2H3/t16-,18+,20+/m0/s1. The first-order chi connectivity index (χ1) is 11.7. The van der Waals surface area contributed by atoms with E-state index >= 15 is 0 Å². The molecule has 0 saturated carbocycles. The van der Waals surface area contributed by atoms with Gasteiger partial charge in [-0.15, -0.1) is 0 Å². The van der Waals surface area contributed by atoms with Gasteiger partial charge in [0, 0.05) is 37.8 Å². The first-order valence-corrected chi connectivity index (χ1v) is 8.54. The molecule has 1 aromatic heterocycles. The van der Waals surface area contributed by atoms with Crippen LogP contribution in [0.3, 0.4) is 0 Å². The third-order valence-electron chi connectivity index (χ3n) is 5.60. The van der Waals surface area contributed by atoms with Crippen molar-refractivity contribution in [1.29, 1.82) is 5.26 Å². The first kappa shape index (κ1) is 15.2. The molecule has 122 valence electrons. The van der Waals surface area contributed by atoms with Crippen LogP contribution < -0.4 is 4.90 Å². The molecule has 0 bridgehead atoms. The molecule has 4 heteroatoms. The summed E-state index contributed by atoms with van der Waals surface area (Å²) in [6.45, 7) is 5.37. The van der Waals surface area contributed by atoms with Crippen molar-refractivity contribution in [2.75, 3.05) is 31.6 Å². The van der Waals surface area contributed by atoms with E-state index in [1.807, 2.05) is 6.07 Å². The fraction of sp³-hybridized carbons (Fsp3) is 0.400. The van der Waals surface area contributed by atoms with Crippen molar-refractivity contribution in [3.8, 4) is 6.07 Å². The Morgan fingerprint density at radius 3 is 2.79 bits per heavy atom. The van der Waals surface area contributed by atoms with E-state index in [0.717, 1.165) is 25.5 Å². The topological polar surface area (TPSA) is 43.2 Å². The van der Waals surface area contributed by atoms with Gasteiger partial charge in [0.05, 0.1) is 11.6 Å². The van der Waals surface area contributed by atoms with Gasteiger partial charge >= 0.3 is 0 Å². The maximum atomic E-state index is 9.12. The van der Waals surface area contributed by atoms with E-state index in [0.29, 0.717) is 23.4 Å². The number of likely N-dealkylation sites (tertiary alicyclic amines) is 1. The van der Waals surface area contributed by atoms with Gasteiger partial charge in [-0.05, 0) is 43.1 Å². The lowest BCUT2D eigenvalue weighted by atomic mass is 9.88. The average Bonchev–Trinajstić information content (AvgIpc) is 3.12. The maximum Gasteiger partial charge on any atom is 0.129 e. The Labute approximate surface area is 143 Å². The number of rotatable bonds is 2. The number of fused-ring (bicyclic) bond motifs is 1. The molecule has 4 rings (SSSR count). The lowest BCUT2D eigenvalue weighted by molar-refractivity contribution is 0.279. The zero-order valence-corrected chi connectivity index (χ0v) is 14.2. The zero-order chi connectivity index (χ0) is 16.7. The van der Waals surface area contributed by atoms with Crippen LogP contribution in [0.2, 0.25) is 0 Å². The van der Waals surface area contributed by atoms with E-state index in [2.05, 4.69) is 59.1 Å². The van der Waals surface area contributed by atoms with Crippen LogP contribution in [0.15, 0.2) is 42.6 Å². The summed E-state index contributed by atoms with van der Waals surface area (Å²) in [6, 6.07) is 15.1. The number of nitrogens with zero attached hydrogens (tertiary/aromatic N) is 4. The quantitative estimate of drug-likeness (QED) is 0.854. The van der Waals surface area contributed by atoms with Crippen molar-refractivity contribution >= 4 is 5.82 Å². The number of aromatic nitrogens is 1.